The fraction of sp³-hybridized carbons (Fsp3) is 0.222. The lowest BCUT2D eigenvalue weighted by Gasteiger charge is -2.28. The van der Waals surface area contributed by atoms with Crippen LogP contribution in [0.15, 0.2) is 76.6 Å². The minimum atomic E-state index is -0.672. The van der Waals surface area contributed by atoms with Crippen LogP contribution in [0.3, 0.4) is 0 Å². The summed E-state index contributed by atoms with van der Waals surface area (Å²) in [6.45, 7) is 3.87. The normalized spacial score (nSPS) is 17.4. The van der Waals surface area contributed by atoms with E-state index in [0.717, 1.165) is 11.1 Å². The van der Waals surface area contributed by atoms with Gasteiger partial charge in [0.25, 0.3) is 11.8 Å². The molecule has 0 radical (unpaired) electrons. The molecular weight excluding hydrogens is 444 g/mol. The van der Waals surface area contributed by atoms with Gasteiger partial charge in [-0.15, -0.1) is 0 Å². The zero-order valence-electron chi connectivity index (χ0n) is 19.7. The lowest BCUT2D eigenvalue weighted by Crippen LogP contribution is -2.31. The van der Waals surface area contributed by atoms with E-state index in [2.05, 4.69) is 5.38 Å². The average Bonchev–Trinajstić information content (AvgIpc) is 3.45. The molecule has 1 unspecified atom stereocenters. The van der Waals surface area contributed by atoms with Crippen LogP contribution in [0.5, 0.6) is 0 Å². The summed E-state index contributed by atoms with van der Waals surface area (Å²) in [7, 11) is 3.39. The first-order valence-corrected chi connectivity index (χ1v) is 12.0. The number of hydrogen-bond donors (Lipinski definition) is 2. The van der Waals surface area contributed by atoms with Gasteiger partial charge in [0, 0.05) is 36.6 Å². The van der Waals surface area contributed by atoms with E-state index in [1.165, 1.54) is 4.90 Å². The van der Waals surface area contributed by atoms with Crippen molar-refractivity contribution in [3.05, 3.63) is 87.8 Å². The number of carbonyl (C=O) groups excluding carboxylic acids is 2. The van der Waals surface area contributed by atoms with Gasteiger partial charge in [-0.25, -0.2) is 0 Å². The van der Waals surface area contributed by atoms with Gasteiger partial charge in [0.05, 0.1) is 6.04 Å². The number of nitrogens with one attached hydrogen (secondary N) is 1. The Hall–Kier alpha value is -3.71. The van der Waals surface area contributed by atoms with Gasteiger partial charge in [0.1, 0.15) is 5.71 Å². The zero-order valence-corrected chi connectivity index (χ0v) is 20.5. The predicted octanol–water partition coefficient (Wildman–Crippen LogP) is 5.09. The molecule has 3 N–H and O–H groups in total. The van der Waals surface area contributed by atoms with Crippen molar-refractivity contribution in [1.29, 1.82) is 5.41 Å². The molecule has 4 rings (SSSR count). The first-order valence-electron chi connectivity index (χ1n) is 11.1. The van der Waals surface area contributed by atoms with Crippen LogP contribution in [-0.4, -0.2) is 36.5 Å². The van der Waals surface area contributed by atoms with Gasteiger partial charge in [0.15, 0.2) is 0 Å². The quantitative estimate of drug-likeness (QED) is 0.542. The summed E-state index contributed by atoms with van der Waals surface area (Å²) in [5.41, 5.74) is 11.2. The summed E-state index contributed by atoms with van der Waals surface area (Å²) < 4.78 is 0. The summed E-state index contributed by atoms with van der Waals surface area (Å²) in [6, 6.07) is 16.3. The van der Waals surface area contributed by atoms with E-state index in [0.29, 0.717) is 28.1 Å². The highest BCUT2D eigenvalue weighted by atomic mass is 32.1. The van der Waals surface area contributed by atoms with Crippen molar-refractivity contribution in [3.8, 4) is 11.1 Å². The van der Waals surface area contributed by atoms with Crippen LogP contribution in [0.1, 0.15) is 35.8 Å². The van der Waals surface area contributed by atoms with Crippen LogP contribution in [0, 0.1) is 11.3 Å². The standard InChI is InChI=1S/C27H28N4O2S/c1-16(2)23(28)22-24(29)27(33)31(19-11-9-17(10-12-19)18-13-14-34-15-18)25(22)20-7-5-6-8-21(20)26(32)30(3)4/h5-16,25,29H,28H2,1-4H3. The van der Waals surface area contributed by atoms with Crippen LogP contribution in [-0.2, 0) is 4.79 Å². The molecule has 1 aliphatic rings. The Morgan fingerprint density at radius 1 is 1.06 bits per heavy atom. The van der Waals surface area contributed by atoms with Crippen molar-refractivity contribution < 1.29 is 9.59 Å². The molecule has 3 aromatic rings. The SMILES string of the molecule is CC(C)C(N)=C1C(=N)C(=O)N(c2ccc(-c3ccsc3)cc2)C1c1ccccc1C(=O)N(C)C. The van der Waals surface area contributed by atoms with Crippen LogP contribution in [0.25, 0.3) is 11.1 Å². The van der Waals surface area contributed by atoms with Crippen molar-refractivity contribution in [2.45, 2.75) is 19.9 Å². The Balaban J connectivity index is 1.91. The topological polar surface area (TPSA) is 90.5 Å². The molecule has 0 aliphatic carbocycles. The van der Waals surface area contributed by atoms with Crippen molar-refractivity contribution >= 4 is 34.6 Å². The third-order valence-corrected chi connectivity index (χ3v) is 6.74. The number of hydrogen-bond acceptors (Lipinski definition) is 5. The van der Waals surface area contributed by atoms with Gasteiger partial charge in [-0.2, -0.15) is 11.3 Å². The number of anilines is 1. The second-order valence-corrected chi connectivity index (χ2v) is 9.60. The Morgan fingerprint density at radius 3 is 2.32 bits per heavy atom. The molecule has 1 fully saturated rings. The Labute approximate surface area is 203 Å². The molecule has 1 aromatic heterocycles. The lowest BCUT2D eigenvalue weighted by molar-refractivity contribution is -0.112. The van der Waals surface area contributed by atoms with E-state index < -0.39 is 11.9 Å². The van der Waals surface area contributed by atoms with E-state index in [4.69, 9.17) is 11.1 Å². The summed E-state index contributed by atoms with van der Waals surface area (Å²) in [5, 5.41) is 12.8. The maximum absolute atomic E-state index is 13.5. The molecule has 1 saturated heterocycles. The molecule has 2 aromatic carbocycles. The second kappa shape index (κ2) is 9.27. The third kappa shape index (κ3) is 4.03. The number of nitrogens with zero attached hydrogens (tertiary/aromatic N) is 2. The molecule has 7 heteroatoms. The van der Waals surface area contributed by atoms with Crippen molar-refractivity contribution in [2.24, 2.45) is 11.7 Å². The summed E-state index contributed by atoms with van der Waals surface area (Å²) >= 11 is 1.63. The number of carbonyl (C=O) groups is 2. The van der Waals surface area contributed by atoms with Gasteiger partial charge < -0.3 is 10.6 Å². The first kappa shape index (κ1) is 23.4. The van der Waals surface area contributed by atoms with Gasteiger partial charge in [-0.05, 0) is 57.6 Å². The minimum Gasteiger partial charge on any atom is -0.401 e. The average molecular weight is 473 g/mol. The lowest BCUT2D eigenvalue weighted by atomic mass is 9.90. The number of benzene rings is 2. The van der Waals surface area contributed by atoms with Crippen LogP contribution in [0.2, 0.25) is 0 Å². The molecule has 0 spiro atoms. The number of amides is 2. The summed E-state index contributed by atoms with van der Waals surface area (Å²) in [4.78, 5) is 29.6. The fourth-order valence-corrected chi connectivity index (χ4v) is 4.87. The van der Waals surface area contributed by atoms with Crippen molar-refractivity contribution in [3.63, 3.8) is 0 Å². The molecule has 1 atom stereocenters. The highest BCUT2D eigenvalue weighted by Crippen LogP contribution is 2.43. The minimum absolute atomic E-state index is 0.0664. The largest absolute Gasteiger partial charge is 0.401 e. The van der Waals surface area contributed by atoms with Gasteiger partial charge >= 0.3 is 0 Å². The molecule has 2 heterocycles. The van der Waals surface area contributed by atoms with Gasteiger partial charge in [-0.3, -0.25) is 19.9 Å². The first-order chi connectivity index (χ1) is 16.2. The zero-order chi connectivity index (χ0) is 24.6. The second-order valence-electron chi connectivity index (χ2n) is 8.82. The fourth-order valence-electron chi connectivity index (χ4n) is 4.21. The Morgan fingerprint density at radius 2 is 1.74 bits per heavy atom. The highest BCUT2D eigenvalue weighted by Gasteiger charge is 2.45. The summed E-state index contributed by atoms with van der Waals surface area (Å²) in [5.74, 6) is -0.668. The Bertz CT molecular complexity index is 1270. The van der Waals surface area contributed by atoms with Gasteiger partial charge in [0.2, 0.25) is 0 Å². The van der Waals surface area contributed by atoms with E-state index in [1.807, 2.05) is 61.7 Å². The van der Waals surface area contributed by atoms with E-state index in [-0.39, 0.29) is 17.5 Å². The third-order valence-electron chi connectivity index (χ3n) is 6.06. The molecule has 1 aliphatic heterocycles. The van der Waals surface area contributed by atoms with Gasteiger partial charge in [-0.1, -0.05) is 44.2 Å². The number of thiophene rings is 1. The maximum atomic E-state index is 13.5. The number of rotatable bonds is 5. The van der Waals surface area contributed by atoms with Crippen molar-refractivity contribution in [2.75, 3.05) is 19.0 Å². The smallest absolute Gasteiger partial charge is 0.277 e. The van der Waals surface area contributed by atoms with Crippen molar-refractivity contribution in [1.82, 2.24) is 4.90 Å². The predicted molar refractivity (Wildman–Crippen MR) is 138 cm³/mol. The summed E-state index contributed by atoms with van der Waals surface area (Å²) in [6.07, 6.45) is 0. The molecule has 174 valence electrons. The number of nitrogens with two attached hydrogens (primary N) is 1. The van der Waals surface area contributed by atoms with E-state index >= 15 is 0 Å². The molecule has 0 saturated carbocycles. The Kier molecular flexibility index (Phi) is 6.39. The highest BCUT2D eigenvalue weighted by molar-refractivity contribution is 7.08. The monoisotopic (exact) mass is 472 g/mol. The van der Waals surface area contributed by atoms with Crippen LogP contribution >= 0.6 is 11.3 Å². The van der Waals surface area contributed by atoms with E-state index in [9.17, 15) is 9.59 Å². The molecule has 34 heavy (non-hydrogen) atoms. The van der Waals surface area contributed by atoms with E-state index in [1.54, 1.807) is 42.5 Å². The number of allylic oxidation sites excluding steroid dienone is 1. The van der Waals surface area contributed by atoms with Crippen LogP contribution in [0.4, 0.5) is 5.69 Å². The molecular formula is C27H28N4O2S. The molecule has 0 bridgehead atoms. The van der Waals surface area contributed by atoms with Crippen LogP contribution < -0.4 is 10.6 Å². The maximum Gasteiger partial charge on any atom is 0.277 e. The molecule has 6 nitrogen and oxygen atoms in total. The molecule has 2 amide bonds.